The van der Waals surface area contributed by atoms with Crippen LogP contribution in [0.15, 0.2) is 42.5 Å². The van der Waals surface area contributed by atoms with Crippen molar-refractivity contribution in [1.29, 1.82) is 5.26 Å². The molecule has 5 nitrogen and oxygen atoms in total. The molecule has 0 bridgehead atoms. The van der Waals surface area contributed by atoms with Gasteiger partial charge in [-0.2, -0.15) is 5.26 Å². The van der Waals surface area contributed by atoms with E-state index < -0.39 is 11.8 Å². The highest BCUT2D eigenvalue weighted by Crippen LogP contribution is 2.22. The molecular formula is C16H11Cl2N3O2. The van der Waals surface area contributed by atoms with E-state index >= 15 is 0 Å². The maximum Gasteiger partial charge on any atom is 0.257 e. The predicted octanol–water partition coefficient (Wildman–Crippen LogP) is 4.10. The topological polar surface area (TPSA) is 82.0 Å². The van der Waals surface area contributed by atoms with Crippen LogP contribution in [0.2, 0.25) is 10.0 Å². The average molecular weight is 348 g/mol. The van der Waals surface area contributed by atoms with Crippen LogP contribution in [-0.4, -0.2) is 11.8 Å². The van der Waals surface area contributed by atoms with Crippen LogP contribution >= 0.6 is 23.2 Å². The molecule has 2 aromatic rings. The molecule has 7 heteroatoms. The van der Waals surface area contributed by atoms with Gasteiger partial charge in [0.15, 0.2) is 0 Å². The second kappa shape index (κ2) is 7.63. The zero-order valence-corrected chi connectivity index (χ0v) is 13.3. The molecular weight excluding hydrogens is 337 g/mol. The van der Waals surface area contributed by atoms with Crippen molar-refractivity contribution in [2.24, 2.45) is 0 Å². The maximum absolute atomic E-state index is 12.2. The highest BCUT2D eigenvalue weighted by Gasteiger charge is 2.11. The zero-order valence-electron chi connectivity index (χ0n) is 11.8. The molecule has 0 unspecified atom stereocenters. The minimum absolute atomic E-state index is 0.217. The fourth-order valence-corrected chi connectivity index (χ4v) is 2.16. The zero-order chi connectivity index (χ0) is 16.8. The van der Waals surface area contributed by atoms with Gasteiger partial charge in [-0.25, -0.2) is 0 Å². The summed E-state index contributed by atoms with van der Waals surface area (Å²) in [7, 11) is 0. The van der Waals surface area contributed by atoms with E-state index in [2.05, 4.69) is 10.6 Å². The molecule has 0 heterocycles. The first-order chi connectivity index (χ1) is 11.0. The van der Waals surface area contributed by atoms with Crippen LogP contribution < -0.4 is 10.6 Å². The Balaban J connectivity index is 2.06. The van der Waals surface area contributed by atoms with Gasteiger partial charge in [-0.05, 0) is 42.5 Å². The van der Waals surface area contributed by atoms with Crippen LogP contribution in [-0.2, 0) is 4.79 Å². The quantitative estimate of drug-likeness (QED) is 0.873. The normalized spacial score (nSPS) is 9.78. The van der Waals surface area contributed by atoms with Gasteiger partial charge in [-0.3, -0.25) is 9.59 Å². The lowest BCUT2D eigenvalue weighted by atomic mass is 10.2. The Morgan fingerprint density at radius 2 is 1.61 bits per heavy atom. The van der Waals surface area contributed by atoms with E-state index in [4.69, 9.17) is 28.5 Å². The lowest BCUT2D eigenvalue weighted by Gasteiger charge is -2.08. The van der Waals surface area contributed by atoms with Crippen LogP contribution in [0.5, 0.6) is 0 Å². The number of anilines is 2. The molecule has 0 radical (unpaired) electrons. The van der Waals surface area contributed by atoms with Gasteiger partial charge in [0.2, 0.25) is 5.91 Å². The van der Waals surface area contributed by atoms with E-state index in [9.17, 15) is 9.59 Å². The Labute approximate surface area is 142 Å². The predicted molar refractivity (Wildman–Crippen MR) is 89.7 cm³/mol. The van der Waals surface area contributed by atoms with Gasteiger partial charge < -0.3 is 10.6 Å². The molecule has 0 spiro atoms. The molecule has 0 fully saturated rings. The second-order valence-corrected chi connectivity index (χ2v) is 5.38. The first kappa shape index (κ1) is 16.8. The molecule has 2 rings (SSSR count). The molecule has 0 aromatic heterocycles. The number of nitrogens with one attached hydrogen (secondary N) is 2. The molecule has 0 saturated carbocycles. The molecule has 116 valence electrons. The number of halogens is 2. The molecule has 0 aliphatic rings. The van der Waals surface area contributed by atoms with Crippen molar-refractivity contribution in [3.63, 3.8) is 0 Å². The average Bonchev–Trinajstić information content (AvgIpc) is 2.52. The third kappa shape index (κ3) is 4.71. The molecule has 0 aliphatic carbocycles. The highest BCUT2D eigenvalue weighted by molar-refractivity contribution is 6.36. The monoisotopic (exact) mass is 347 g/mol. The fourth-order valence-electron chi connectivity index (χ4n) is 1.78. The van der Waals surface area contributed by atoms with Crippen molar-refractivity contribution >= 4 is 46.4 Å². The Kier molecular flexibility index (Phi) is 5.58. The van der Waals surface area contributed by atoms with Gasteiger partial charge in [-0.15, -0.1) is 0 Å². The van der Waals surface area contributed by atoms with E-state index in [-0.39, 0.29) is 12.0 Å². The molecule has 2 amide bonds. The first-order valence-electron chi connectivity index (χ1n) is 6.53. The number of rotatable bonds is 4. The summed E-state index contributed by atoms with van der Waals surface area (Å²) in [4.78, 5) is 23.5. The van der Waals surface area contributed by atoms with Crippen molar-refractivity contribution in [2.45, 2.75) is 6.42 Å². The van der Waals surface area contributed by atoms with Gasteiger partial charge in [0.25, 0.3) is 5.91 Å². The SMILES string of the molecule is N#CCC(=O)Nc1ccc(NC(=O)c2cc(Cl)ccc2Cl)cc1. The highest BCUT2D eigenvalue weighted by atomic mass is 35.5. The van der Waals surface area contributed by atoms with Gasteiger partial charge in [0.05, 0.1) is 16.7 Å². The molecule has 0 aliphatic heterocycles. The van der Waals surface area contributed by atoms with Crippen molar-refractivity contribution in [3.05, 3.63) is 58.1 Å². The number of nitriles is 1. The minimum Gasteiger partial charge on any atom is -0.325 e. The number of hydrogen-bond acceptors (Lipinski definition) is 3. The Morgan fingerprint density at radius 1 is 1.00 bits per heavy atom. The maximum atomic E-state index is 12.2. The number of carbonyl (C=O) groups excluding carboxylic acids is 2. The third-order valence-electron chi connectivity index (χ3n) is 2.84. The minimum atomic E-state index is -0.394. The van der Waals surface area contributed by atoms with Crippen LogP contribution in [0.1, 0.15) is 16.8 Å². The summed E-state index contributed by atoms with van der Waals surface area (Å²) in [6, 6.07) is 12.9. The summed E-state index contributed by atoms with van der Waals surface area (Å²) in [6.45, 7) is 0. The fraction of sp³-hybridized carbons (Fsp3) is 0.0625. The number of amides is 2. The van der Waals surface area contributed by atoms with Gasteiger partial charge in [0, 0.05) is 16.4 Å². The summed E-state index contributed by atoms with van der Waals surface area (Å²) in [5.74, 6) is -0.784. The Morgan fingerprint density at radius 3 is 2.22 bits per heavy atom. The largest absolute Gasteiger partial charge is 0.325 e. The first-order valence-corrected chi connectivity index (χ1v) is 7.28. The van der Waals surface area contributed by atoms with E-state index in [1.807, 2.05) is 0 Å². The Bertz CT molecular complexity index is 783. The molecule has 2 N–H and O–H groups in total. The molecule has 23 heavy (non-hydrogen) atoms. The van der Waals surface area contributed by atoms with Crippen molar-refractivity contribution < 1.29 is 9.59 Å². The van der Waals surface area contributed by atoms with Gasteiger partial charge in [-0.1, -0.05) is 23.2 Å². The standard InChI is InChI=1S/C16H11Cl2N3O2/c17-10-1-6-14(18)13(9-10)16(23)21-12-4-2-11(3-5-12)20-15(22)7-8-19/h1-6,9H,7H2,(H,20,22)(H,21,23). The van der Waals surface area contributed by atoms with E-state index in [0.29, 0.717) is 21.4 Å². The Hall–Kier alpha value is -2.55. The van der Waals surface area contributed by atoms with Crippen LogP contribution in [0, 0.1) is 11.3 Å². The smallest absolute Gasteiger partial charge is 0.257 e. The molecule has 2 aromatic carbocycles. The van der Waals surface area contributed by atoms with Crippen molar-refractivity contribution in [1.82, 2.24) is 0 Å². The number of nitrogens with zero attached hydrogens (tertiary/aromatic N) is 1. The summed E-state index contributed by atoms with van der Waals surface area (Å²) in [5.41, 5.74) is 1.33. The van der Waals surface area contributed by atoms with Gasteiger partial charge >= 0.3 is 0 Å². The van der Waals surface area contributed by atoms with Crippen LogP contribution in [0.3, 0.4) is 0 Å². The third-order valence-corrected chi connectivity index (χ3v) is 3.40. The molecule has 0 atom stereocenters. The van der Waals surface area contributed by atoms with E-state index in [1.54, 1.807) is 42.5 Å². The van der Waals surface area contributed by atoms with Crippen molar-refractivity contribution in [2.75, 3.05) is 10.6 Å². The lowest BCUT2D eigenvalue weighted by Crippen LogP contribution is -2.13. The van der Waals surface area contributed by atoms with Crippen molar-refractivity contribution in [3.8, 4) is 6.07 Å². The van der Waals surface area contributed by atoms with E-state index in [0.717, 1.165) is 0 Å². The summed E-state index contributed by atoms with van der Waals surface area (Å²) < 4.78 is 0. The number of carbonyl (C=O) groups is 2. The summed E-state index contributed by atoms with van der Waals surface area (Å²) in [6.07, 6.45) is -0.217. The lowest BCUT2D eigenvalue weighted by molar-refractivity contribution is -0.115. The number of benzene rings is 2. The summed E-state index contributed by atoms with van der Waals surface area (Å²) in [5, 5.41) is 14.4. The van der Waals surface area contributed by atoms with E-state index in [1.165, 1.54) is 6.07 Å². The van der Waals surface area contributed by atoms with Crippen LogP contribution in [0.25, 0.3) is 0 Å². The second-order valence-electron chi connectivity index (χ2n) is 4.54. The molecule has 0 saturated heterocycles. The summed E-state index contributed by atoms with van der Waals surface area (Å²) >= 11 is 11.8. The number of hydrogen-bond donors (Lipinski definition) is 2. The van der Waals surface area contributed by atoms with Gasteiger partial charge in [0.1, 0.15) is 6.42 Å². The van der Waals surface area contributed by atoms with Crippen LogP contribution in [0.4, 0.5) is 11.4 Å².